The van der Waals surface area contributed by atoms with Crippen molar-refractivity contribution in [1.29, 1.82) is 0 Å². The maximum Gasteiger partial charge on any atom is 0.258 e. The first-order chi connectivity index (χ1) is 8.96. The van der Waals surface area contributed by atoms with Crippen LogP contribution in [-0.4, -0.2) is 29.4 Å². The monoisotopic (exact) mass is 321 g/mol. The topological polar surface area (TPSA) is 38.2 Å². The molecule has 1 aliphatic heterocycles. The molecule has 3 rings (SSSR count). The summed E-state index contributed by atoms with van der Waals surface area (Å²) in [6.07, 6.45) is 0.954. The minimum absolute atomic E-state index is 0.214. The van der Waals surface area contributed by atoms with Gasteiger partial charge in [-0.3, -0.25) is 0 Å². The number of nitrogens with zero attached hydrogens (tertiary/aromatic N) is 3. The lowest BCUT2D eigenvalue weighted by atomic mass is 10.1. The van der Waals surface area contributed by atoms with E-state index >= 15 is 0 Å². The average molecular weight is 322 g/mol. The summed E-state index contributed by atoms with van der Waals surface area (Å²) in [4.78, 5) is 2.20. The molecule has 0 fully saturated rings. The number of hydrogen-bond acceptors (Lipinski definition) is 4. The van der Waals surface area contributed by atoms with E-state index in [1.807, 2.05) is 12.1 Å². The van der Waals surface area contributed by atoms with Gasteiger partial charge in [-0.05, 0) is 32.0 Å². The number of ether oxygens (including phenoxy) is 1. The van der Waals surface area contributed by atoms with E-state index < -0.39 is 0 Å². The van der Waals surface area contributed by atoms with Crippen LogP contribution in [0.5, 0.6) is 5.88 Å². The van der Waals surface area contributed by atoms with Gasteiger partial charge in [0.2, 0.25) is 0 Å². The van der Waals surface area contributed by atoms with Gasteiger partial charge in [0.1, 0.15) is 11.3 Å². The number of hydrogen-bond donors (Lipinski definition) is 0. The number of rotatable bonds is 0. The molecule has 1 aromatic carbocycles. The van der Waals surface area contributed by atoms with Crippen molar-refractivity contribution >= 4 is 32.5 Å². The summed E-state index contributed by atoms with van der Waals surface area (Å²) < 4.78 is 7.07. The van der Waals surface area contributed by atoms with Crippen molar-refractivity contribution < 1.29 is 4.74 Å². The van der Waals surface area contributed by atoms with E-state index in [9.17, 15) is 0 Å². The van der Waals surface area contributed by atoms with Crippen LogP contribution in [0.25, 0.3) is 10.9 Å². The summed E-state index contributed by atoms with van der Waals surface area (Å²) in [7, 11) is 2.08. The zero-order valence-corrected chi connectivity index (χ0v) is 12.9. The van der Waals surface area contributed by atoms with Crippen molar-refractivity contribution in [2.45, 2.75) is 25.9 Å². The van der Waals surface area contributed by atoms with Crippen LogP contribution in [0.2, 0.25) is 0 Å². The van der Waals surface area contributed by atoms with Crippen LogP contribution < -0.4 is 9.64 Å². The summed E-state index contributed by atoms with van der Waals surface area (Å²) in [6, 6.07) is 6.02. The van der Waals surface area contributed by atoms with Crippen molar-refractivity contribution in [1.82, 2.24) is 10.2 Å². The average Bonchev–Trinajstić information content (AvgIpc) is 2.46. The summed E-state index contributed by atoms with van der Waals surface area (Å²) in [5.41, 5.74) is 1.70. The molecule has 4 nitrogen and oxygen atoms in total. The second kappa shape index (κ2) is 4.34. The molecule has 0 saturated carbocycles. The first-order valence-corrected chi connectivity index (χ1v) is 7.12. The van der Waals surface area contributed by atoms with Crippen LogP contribution >= 0.6 is 15.9 Å². The zero-order valence-electron chi connectivity index (χ0n) is 11.3. The molecule has 0 amide bonds. The normalized spacial score (nSPS) is 17.8. The highest BCUT2D eigenvalue weighted by molar-refractivity contribution is 9.10. The van der Waals surface area contributed by atoms with Gasteiger partial charge in [0.05, 0.1) is 5.52 Å². The molecule has 2 heterocycles. The minimum Gasteiger partial charge on any atom is -0.469 e. The Labute approximate surface area is 120 Å². The lowest BCUT2D eigenvalue weighted by Gasteiger charge is -2.22. The molecule has 5 heteroatoms. The summed E-state index contributed by atoms with van der Waals surface area (Å²) in [5.74, 6) is 0.621. The van der Waals surface area contributed by atoms with Crippen LogP contribution in [0.4, 0.5) is 5.69 Å². The van der Waals surface area contributed by atoms with E-state index in [-0.39, 0.29) is 5.60 Å². The maximum absolute atomic E-state index is 6.03. The fourth-order valence-electron chi connectivity index (χ4n) is 2.35. The molecular weight excluding hydrogens is 306 g/mol. The van der Waals surface area contributed by atoms with Crippen LogP contribution in [0, 0.1) is 0 Å². The fraction of sp³-hybridized carbons (Fsp3) is 0.429. The third kappa shape index (κ3) is 2.27. The molecule has 0 aliphatic carbocycles. The molecule has 0 atom stereocenters. The molecule has 0 unspecified atom stereocenters. The van der Waals surface area contributed by atoms with Gasteiger partial charge in [0.15, 0.2) is 0 Å². The molecule has 0 spiro atoms. The number of anilines is 1. The Bertz CT molecular complexity index is 642. The third-order valence-electron chi connectivity index (χ3n) is 3.47. The van der Waals surface area contributed by atoms with Gasteiger partial charge in [0, 0.05) is 29.9 Å². The second-order valence-corrected chi connectivity index (χ2v) is 6.46. The predicted octanol–water partition coefficient (Wildman–Crippen LogP) is 3.39. The molecule has 1 aliphatic rings. The number of benzene rings is 1. The molecule has 2 aromatic rings. The molecule has 0 radical (unpaired) electrons. The Morgan fingerprint density at radius 1 is 1.32 bits per heavy atom. The lowest BCUT2D eigenvalue weighted by Crippen LogP contribution is -2.30. The van der Waals surface area contributed by atoms with Gasteiger partial charge in [0.25, 0.3) is 5.88 Å². The van der Waals surface area contributed by atoms with Crippen LogP contribution in [0.15, 0.2) is 22.7 Å². The van der Waals surface area contributed by atoms with Crippen LogP contribution in [0.3, 0.4) is 0 Å². The van der Waals surface area contributed by atoms with Gasteiger partial charge in [-0.2, -0.15) is 0 Å². The van der Waals surface area contributed by atoms with E-state index in [4.69, 9.17) is 4.74 Å². The Kier molecular flexibility index (Phi) is 2.89. The number of aromatic nitrogens is 2. The zero-order chi connectivity index (χ0) is 13.6. The van der Waals surface area contributed by atoms with Crippen molar-refractivity contribution in [3.05, 3.63) is 22.7 Å². The molecule has 100 valence electrons. The van der Waals surface area contributed by atoms with Gasteiger partial charge in [-0.1, -0.05) is 15.9 Å². The van der Waals surface area contributed by atoms with E-state index in [0.717, 1.165) is 34.0 Å². The second-order valence-electron chi connectivity index (χ2n) is 5.55. The predicted molar refractivity (Wildman–Crippen MR) is 79.8 cm³/mol. The maximum atomic E-state index is 6.03. The van der Waals surface area contributed by atoms with Gasteiger partial charge >= 0.3 is 0 Å². The van der Waals surface area contributed by atoms with Crippen molar-refractivity contribution in [2.75, 3.05) is 18.5 Å². The summed E-state index contributed by atoms with van der Waals surface area (Å²) >= 11 is 3.51. The van der Waals surface area contributed by atoms with E-state index in [0.29, 0.717) is 5.88 Å². The molecule has 1 aromatic heterocycles. The largest absolute Gasteiger partial charge is 0.469 e. The Balaban J connectivity index is 2.27. The van der Waals surface area contributed by atoms with E-state index in [1.54, 1.807) is 0 Å². The van der Waals surface area contributed by atoms with E-state index in [2.05, 4.69) is 58.0 Å². The van der Waals surface area contributed by atoms with Gasteiger partial charge in [-0.25, -0.2) is 0 Å². The van der Waals surface area contributed by atoms with Crippen LogP contribution in [-0.2, 0) is 0 Å². The first-order valence-electron chi connectivity index (χ1n) is 6.32. The highest BCUT2D eigenvalue weighted by Crippen LogP contribution is 2.38. The summed E-state index contributed by atoms with van der Waals surface area (Å²) in [5, 5.41) is 9.58. The first kappa shape index (κ1) is 12.7. The van der Waals surface area contributed by atoms with Crippen molar-refractivity contribution in [2.24, 2.45) is 0 Å². The smallest absolute Gasteiger partial charge is 0.258 e. The molecule has 0 bridgehead atoms. The molecule has 19 heavy (non-hydrogen) atoms. The SMILES string of the molecule is CN1CCC(C)(C)Oc2nnc3ccc(Br)cc3c21. The molecular formula is C14H16BrN3O. The van der Waals surface area contributed by atoms with Crippen molar-refractivity contribution in [3.8, 4) is 5.88 Å². The third-order valence-corrected chi connectivity index (χ3v) is 3.96. The number of fused-ring (bicyclic) bond motifs is 3. The Morgan fingerprint density at radius 2 is 2.11 bits per heavy atom. The Hall–Kier alpha value is -1.36. The highest BCUT2D eigenvalue weighted by Gasteiger charge is 2.29. The minimum atomic E-state index is -0.214. The molecule has 0 saturated heterocycles. The van der Waals surface area contributed by atoms with E-state index in [1.165, 1.54) is 0 Å². The lowest BCUT2D eigenvalue weighted by molar-refractivity contribution is 0.101. The van der Waals surface area contributed by atoms with Crippen LogP contribution in [0.1, 0.15) is 20.3 Å². The standard InChI is InChI=1S/C14H16BrN3O/c1-14(2)6-7-18(3)12-10-8-9(15)4-5-11(10)16-17-13(12)19-14/h4-5,8H,6-7H2,1-3H3. The number of halogens is 1. The quantitative estimate of drug-likeness (QED) is 0.745. The fourth-order valence-corrected chi connectivity index (χ4v) is 2.71. The highest BCUT2D eigenvalue weighted by atomic mass is 79.9. The van der Waals surface area contributed by atoms with Crippen molar-refractivity contribution in [3.63, 3.8) is 0 Å². The van der Waals surface area contributed by atoms with Gasteiger partial charge in [-0.15, -0.1) is 10.2 Å². The Morgan fingerprint density at radius 3 is 2.89 bits per heavy atom. The van der Waals surface area contributed by atoms with Gasteiger partial charge < -0.3 is 9.64 Å². The summed E-state index contributed by atoms with van der Waals surface area (Å²) in [6.45, 7) is 5.11. The molecule has 0 N–H and O–H groups in total.